The molecule has 92 valence electrons. The van der Waals surface area contributed by atoms with Crippen molar-refractivity contribution in [1.82, 2.24) is 10.1 Å². The number of rotatable bonds is 6. The number of thioether (sulfide) groups is 1. The average molecular weight is 269 g/mol. The van der Waals surface area contributed by atoms with Gasteiger partial charge in [-0.05, 0) is 30.5 Å². The highest BCUT2D eigenvalue weighted by Gasteiger charge is 2.08. The summed E-state index contributed by atoms with van der Waals surface area (Å²) in [6.45, 7) is 2.02. The first-order chi connectivity index (χ1) is 8.25. The molecule has 0 aliphatic carbocycles. The molecule has 0 bridgehead atoms. The van der Waals surface area contributed by atoms with Gasteiger partial charge in [-0.1, -0.05) is 5.16 Å². The quantitative estimate of drug-likeness (QED) is 0.817. The lowest BCUT2D eigenvalue weighted by molar-refractivity contribution is 0.391. The molecular weight excluding hydrogens is 254 g/mol. The summed E-state index contributed by atoms with van der Waals surface area (Å²) in [4.78, 5) is 4.35. The Labute approximate surface area is 109 Å². The predicted octanol–water partition coefficient (Wildman–Crippen LogP) is 2.77. The fourth-order valence-corrected chi connectivity index (χ4v) is 2.86. The Morgan fingerprint density at radius 3 is 3.18 bits per heavy atom. The molecule has 0 amide bonds. The lowest BCUT2D eigenvalue weighted by Gasteiger charge is -2.01. The van der Waals surface area contributed by atoms with Gasteiger partial charge in [0.1, 0.15) is 0 Å². The monoisotopic (exact) mass is 269 g/mol. The van der Waals surface area contributed by atoms with Crippen molar-refractivity contribution in [3.05, 3.63) is 22.7 Å². The number of nitrogens with two attached hydrogens (primary N) is 1. The van der Waals surface area contributed by atoms with Crippen LogP contribution in [0.3, 0.4) is 0 Å². The van der Waals surface area contributed by atoms with Gasteiger partial charge >= 0.3 is 0 Å². The fraction of sp³-hybridized carbons (Fsp3) is 0.455. The summed E-state index contributed by atoms with van der Waals surface area (Å²) in [6.07, 6.45) is 1.01. The third-order valence-electron chi connectivity index (χ3n) is 2.19. The minimum Gasteiger partial charge on any atom is -0.338 e. The Bertz CT molecular complexity index is 439. The van der Waals surface area contributed by atoms with Crippen molar-refractivity contribution in [3.63, 3.8) is 0 Å². The maximum atomic E-state index is 5.68. The van der Waals surface area contributed by atoms with Crippen LogP contribution in [0.4, 0.5) is 0 Å². The minimum atomic E-state index is 0.256. The molecule has 2 heterocycles. The molecule has 0 radical (unpaired) electrons. The van der Waals surface area contributed by atoms with Crippen molar-refractivity contribution in [2.45, 2.75) is 25.1 Å². The molecule has 0 aliphatic rings. The molecule has 0 saturated heterocycles. The zero-order valence-electron chi connectivity index (χ0n) is 9.63. The van der Waals surface area contributed by atoms with Crippen molar-refractivity contribution in [1.29, 1.82) is 0 Å². The maximum Gasteiger partial charge on any atom is 0.236 e. The van der Waals surface area contributed by atoms with E-state index in [2.05, 4.69) is 10.1 Å². The first-order valence-corrected chi connectivity index (χ1v) is 7.54. The van der Waals surface area contributed by atoms with E-state index in [1.54, 1.807) is 23.1 Å². The summed E-state index contributed by atoms with van der Waals surface area (Å²) in [5.74, 6) is 3.13. The molecular formula is C11H15N3OS2. The first-order valence-electron chi connectivity index (χ1n) is 5.44. The van der Waals surface area contributed by atoms with Crippen LogP contribution in [-0.2, 0) is 5.75 Å². The van der Waals surface area contributed by atoms with Gasteiger partial charge in [-0.3, -0.25) is 0 Å². The summed E-state index contributed by atoms with van der Waals surface area (Å²) in [7, 11) is 0. The van der Waals surface area contributed by atoms with E-state index in [9.17, 15) is 0 Å². The number of nitrogens with zero attached hydrogens (tertiary/aromatic N) is 2. The van der Waals surface area contributed by atoms with Gasteiger partial charge in [0, 0.05) is 17.0 Å². The van der Waals surface area contributed by atoms with Crippen LogP contribution in [0.1, 0.15) is 19.2 Å². The average Bonchev–Trinajstić information content (AvgIpc) is 2.94. The molecule has 0 aliphatic heterocycles. The normalized spacial score (nSPS) is 12.8. The van der Waals surface area contributed by atoms with Crippen LogP contribution >= 0.6 is 23.1 Å². The van der Waals surface area contributed by atoms with E-state index in [1.165, 1.54) is 0 Å². The Morgan fingerprint density at radius 1 is 1.59 bits per heavy atom. The largest absolute Gasteiger partial charge is 0.338 e. The molecule has 2 N–H and O–H groups in total. The van der Waals surface area contributed by atoms with E-state index in [1.807, 2.05) is 23.8 Å². The summed E-state index contributed by atoms with van der Waals surface area (Å²) in [6, 6.07) is 2.24. The third kappa shape index (κ3) is 3.83. The number of hydrogen-bond acceptors (Lipinski definition) is 6. The highest BCUT2D eigenvalue weighted by molar-refractivity contribution is 7.98. The molecule has 2 rings (SSSR count). The van der Waals surface area contributed by atoms with Crippen LogP contribution < -0.4 is 5.73 Å². The molecule has 1 unspecified atom stereocenters. The van der Waals surface area contributed by atoms with E-state index in [-0.39, 0.29) is 6.04 Å². The second-order valence-electron chi connectivity index (χ2n) is 3.84. The summed E-state index contributed by atoms with van der Waals surface area (Å²) in [5.41, 5.74) is 6.70. The van der Waals surface area contributed by atoms with Gasteiger partial charge in [-0.25, -0.2) is 0 Å². The van der Waals surface area contributed by atoms with Crippen molar-refractivity contribution in [3.8, 4) is 11.4 Å². The van der Waals surface area contributed by atoms with Crippen LogP contribution in [0, 0.1) is 0 Å². The van der Waals surface area contributed by atoms with Crippen LogP contribution in [0.25, 0.3) is 11.4 Å². The standard InChI is InChI=1S/C11H15N3OS2/c1-8(12)2-4-17-7-10-13-11(14-15-10)9-3-5-16-6-9/h3,5-6,8H,2,4,7,12H2,1H3. The Hall–Kier alpha value is -0.850. The zero-order valence-corrected chi connectivity index (χ0v) is 11.3. The maximum absolute atomic E-state index is 5.68. The summed E-state index contributed by atoms with van der Waals surface area (Å²) >= 11 is 3.40. The molecule has 6 heteroatoms. The van der Waals surface area contributed by atoms with E-state index in [4.69, 9.17) is 10.3 Å². The lowest BCUT2D eigenvalue weighted by atomic mass is 10.3. The molecule has 2 aromatic heterocycles. The van der Waals surface area contributed by atoms with Gasteiger partial charge in [-0.2, -0.15) is 28.1 Å². The summed E-state index contributed by atoms with van der Waals surface area (Å²) in [5, 5.41) is 7.97. The second kappa shape index (κ2) is 6.18. The highest BCUT2D eigenvalue weighted by atomic mass is 32.2. The van der Waals surface area contributed by atoms with Gasteiger partial charge in [0.2, 0.25) is 11.7 Å². The SMILES string of the molecule is CC(N)CCSCc1nc(-c2ccsc2)no1. The van der Waals surface area contributed by atoms with E-state index in [0.29, 0.717) is 11.7 Å². The van der Waals surface area contributed by atoms with Crippen LogP contribution in [0.15, 0.2) is 21.3 Å². The molecule has 1 atom stereocenters. The lowest BCUT2D eigenvalue weighted by Crippen LogP contribution is -2.15. The molecule has 4 nitrogen and oxygen atoms in total. The molecule has 0 saturated carbocycles. The fourth-order valence-electron chi connectivity index (χ4n) is 1.25. The van der Waals surface area contributed by atoms with Crippen molar-refractivity contribution in [2.24, 2.45) is 5.73 Å². The van der Waals surface area contributed by atoms with Crippen molar-refractivity contribution < 1.29 is 4.52 Å². The van der Waals surface area contributed by atoms with Gasteiger partial charge in [0.25, 0.3) is 0 Å². The number of aromatic nitrogens is 2. The first kappa shape index (κ1) is 12.6. The van der Waals surface area contributed by atoms with E-state index < -0.39 is 0 Å². The number of thiophene rings is 1. The Balaban J connectivity index is 1.83. The van der Waals surface area contributed by atoms with Gasteiger partial charge in [0.05, 0.1) is 5.75 Å². The summed E-state index contributed by atoms with van der Waals surface area (Å²) < 4.78 is 5.19. The molecule has 2 aromatic rings. The zero-order chi connectivity index (χ0) is 12.1. The third-order valence-corrected chi connectivity index (χ3v) is 3.85. The minimum absolute atomic E-state index is 0.256. The molecule has 0 aromatic carbocycles. The molecule has 0 fully saturated rings. The van der Waals surface area contributed by atoms with E-state index >= 15 is 0 Å². The topological polar surface area (TPSA) is 64.9 Å². The van der Waals surface area contributed by atoms with Crippen LogP contribution in [0.5, 0.6) is 0 Å². The van der Waals surface area contributed by atoms with Crippen molar-refractivity contribution in [2.75, 3.05) is 5.75 Å². The highest BCUT2D eigenvalue weighted by Crippen LogP contribution is 2.20. The smallest absolute Gasteiger partial charge is 0.236 e. The Kier molecular flexibility index (Phi) is 4.58. The second-order valence-corrected chi connectivity index (χ2v) is 5.73. The number of hydrogen-bond donors (Lipinski definition) is 1. The van der Waals surface area contributed by atoms with Gasteiger partial charge in [-0.15, -0.1) is 0 Å². The van der Waals surface area contributed by atoms with Crippen molar-refractivity contribution >= 4 is 23.1 Å². The van der Waals surface area contributed by atoms with E-state index in [0.717, 1.165) is 23.5 Å². The van der Waals surface area contributed by atoms with Gasteiger partial charge in [0.15, 0.2) is 0 Å². The Morgan fingerprint density at radius 2 is 2.47 bits per heavy atom. The molecule has 17 heavy (non-hydrogen) atoms. The van der Waals surface area contributed by atoms with Crippen LogP contribution in [-0.4, -0.2) is 21.9 Å². The van der Waals surface area contributed by atoms with Crippen LogP contribution in [0.2, 0.25) is 0 Å². The molecule has 0 spiro atoms. The predicted molar refractivity (Wildman–Crippen MR) is 72.0 cm³/mol. The van der Waals surface area contributed by atoms with Gasteiger partial charge < -0.3 is 10.3 Å².